The molecule has 3 nitrogen and oxygen atoms in total. The third-order valence-electron chi connectivity index (χ3n) is 4.72. The van der Waals surface area contributed by atoms with Gasteiger partial charge >= 0.3 is 0 Å². The van der Waals surface area contributed by atoms with Crippen molar-refractivity contribution in [1.29, 1.82) is 0 Å². The molecule has 2 unspecified atom stereocenters. The van der Waals surface area contributed by atoms with E-state index in [1.54, 1.807) is 0 Å². The summed E-state index contributed by atoms with van der Waals surface area (Å²) in [7, 11) is 0. The quantitative estimate of drug-likeness (QED) is 0.694. The summed E-state index contributed by atoms with van der Waals surface area (Å²) in [6.45, 7) is 7.27. The molecule has 2 atom stereocenters. The van der Waals surface area contributed by atoms with E-state index in [4.69, 9.17) is 0 Å². The van der Waals surface area contributed by atoms with Gasteiger partial charge in [-0.2, -0.15) is 5.12 Å². The molecular weight excluding hydrogens is 210 g/mol. The third-order valence-corrected chi connectivity index (χ3v) is 4.72. The molecule has 0 spiro atoms. The third kappa shape index (κ3) is 2.02. The predicted octanol–water partition coefficient (Wildman–Crippen LogP) is 2.64. The van der Waals surface area contributed by atoms with Crippen LogP contribution >= 0.6 is 0 Å². The van der Waals surface area contributed by atoms with E-state index in [-0.39, 0.29) is 0 Å². The van der Waals surface area contributed by atoms with Crippen molar-refractivity contribution in [2.45, 2.75) is 76.9 Å². The molecular formula is C14H27N3. The molecule has 3 aliphatic heterocycles. The van der Waals surface area contributed by atoms with Crippen LogP contribution in [-0.4, -0.2) is 46.4 Å². The molecule has 98 valence electrons. The van der Waals surface area contributed by atoms with Crippen LogP contribution in [0.1, 0.15) is 58.8 Å². The summed E-state index contributed by atoms with van der Waals surface area (Å²) in [6.07, 6.45) is 9.94. The maximum absolute atomic E-state index is 2.72. The van der Waals surface area contributed by atoms with E-state index < -0.39 is 0 Å². The van der Waals surface area contributed by atoms with Gasteiger partial charge in [0.05, 0.1) is 0 Å². The van der Waals surface area contributed by atoms with Crippen molar-refractivity contribution < 1.29 is 0 Å². The van der Waals surface area contributed by atoms with Gasteiger partial charge in [0.15, 0.2) is 0 Å². The number of rotatable bonds is 1. The highest BCUT2D eigenvalue weighted by atomic mass is 15.9. The molecule has 3 rings (SSSR count). The maximum atomic E-state index is 2.72. The molecule has 0 radical (unpaired) electrons. The molecule has 0 aromatic rings. The molecule has 0 aromatic heterocycles. The van der Waals surface area contributed by atoms with Gasteiger partial charge in [-0.1, -0.05) is 19.3 Å². The number of hydrogen-bond acceptors (Lipinski definition) is 3. The lowest BCUT2D eigenvalue weighted by Crippen LogP contribution is -2.51. The largest absolute Gasteiger partial charge is 0.223 e. The fourth-order valence-corrected chi connectivity index (χ4v) is 4.09. The van der Waals surface area contributed by atoms with Gasteiger partial charge < -0.3 is 0 Å². The lowest BCUT2D eigenvalue weighted by Gasteiger charge is -2.39. The van der Waals surface area contributed by atoms with E-state index in [0.29, 0.717) is 6.04 Å². The fourth-order valence-electron chi connectivity index (χ4n) is 4.09. The topological polar surface area (TPSA) is 9.72 Å². The van der Waals surface area contributed by atoms with Crippen molar-refractivity contribution >= 4 is 0 Å². The minimum absolute atomic E-state index is 0.624. The number of nitrogens with zero attached hydrogens (tertiary/aromatic N) is 3. The van der Waals surface area contributed by atoms with Crippen LogP contribution in [0.25, 0.3) is 0 Å². The van der Waals surface area contributed by atoms with Crippen LogP contribution in [0, 0.1) is 0 Å². The molecule has 0 N–H and O–H groups in total. The van der Waals surface area contributed by atoms with Crippen LogP contribution in [0.15, 0.2) is 0 Å². The number of hydrogen-bond donors (Lipinski definition) is 0. The van der Waals surface area contributed by atoms with Gasteiger partial charge in [-0.25, -0.2) is 10.0 Å². The lowest BCUT2D eigenvalue weighted by molar-refractivity contribution is -0.163. The Hall–Kier alpha value is -0.120. The molecule has 3 heterocycles. The van der Waals surface area contributed by atoms with Crippen LogP contribution in [0.4, 0.5) is 0 Å². The predicted molar refractivity (Wildman–Crippen MR) is 70.3 cm³/mol. The minimum atomic E-state index is 0.624. The van der Waals surface area contributed by atoms with Crippen molar-refractivity contribution in [2.24, 2.45) is 0 Å². The smallest absolute Gasteiger partial charge is 0.0429 e. The monoisotopic (exact) mass is 237 g/mol. The normalized spacial score (nSPS) is 36.9. The standard InChI is InChI=1S/C14H27N3/c1-12(2)17-15-10-6-3-4-8-13(15)14-9-5-7-11-16(14)17/h12-14H,3-11H2,1-2H3. The second-order valence-electron chi connectivity index (χ2n) is 6.22. The van der Waals surface area contributed by atoms with Crippen molar-refractivity contribution in [1.82, 2.24) is 15.1 Å². The zero-order chi connectivity index (χ0) is 11.8. The molecule has 0 bridgehead atoms. The van der Waals surface area contributed by atoms with Crippen LogP contribution < -0.4 is 0 Å². The van der Waals surface area contributed by atoms with Crippen molar-refractivity contribution in [2.75, 3.05) is 13.1 Å². The van der Waals surface area contributed by atoms with E-state index >= 15 is 0 Å². The van der Waals surface area contributed by atoms with Crippen LogP contribution in [0.5, 0.6) is 0 Å². The van der Waals surface area contributed by atoms with Crippen molar-refractivity contribution in [3.05, 3.63) is 0 Å². The molecule has 0 aliphatic carbocycles. The number of fused-ring (bicyclic) bond motifs is 3. The van der Waals surface area contributed by atoms with Gasteiger partial charge in [0.1, 0.15) is 0 Å². The SMILES string of the molecule is CC(C)N1N2CCCCCC2C2CCCCN21. The second-order valence-corrected chi connectivity index (χ2v) is 6.22. The molecule has 0 saturated carbocycles. The lowest BCUT2D eigenvalue weighted by atomic mass is 9.95. The van der Waals surface area contributed by atoms with E-state index in [1.807, 2.05) is 0 Å². The average Bonchev–Trinajstić information content (AvgIpc) is 2.48. The molecule has 0 aromatic carbocycles. The Bertz CT molecular complexity index is 266. The van der Waals surface area contributed by atoms with Crippen LogP contribution in [0.3, 0.4) is 0 Å². The molecule has 3 saturated heterocycles. The molecule has 3 heteroatoms. The van der Waals surface area contributed by atoms with Gasteiger partial charge in [0, 0.05) is 31.2 Å². The Morgan fingerprint density at radius 2 is 1.29 bits per heavy atom. The van der Waals surface area contributed by atoms with Gasteiger partial charge in [0.2, 0.25) is 0 Å². The Labute approximate surface area is 106 Å². The Morgan fingerprint density at radius 3 is 1.88 bits per heavy atom. The van der Waals surface area contributed by atoms with Crippen molar-refractivity contribution in [3.63, 3.8) is 0 Å². The summed E-state index contributed by atoms with van der Waals surface area (Å²) < 4.78 is 0. The minimum Gasteiger partial charge on any atom is -0.223 e. The average molecular weight is 237 g/mol. The first-order valence-electron chi connectivity index (χ1n) is 7.61. The van der Waals surface area contributed by atoms with Crippen LogP contribution in [-0.2, 0) is 0 Å². The highest BCUT2D eigenvalue weighted by Gasteiger charge is 2.47. The fraction of sp³-hybridized carbons (Fsp3) is 1.00. The van der Waals surface area contributed by atoms with E-state index in [0.717, 1.165) is 12.1 Å². The molecule has 0 amide bonds. The molecule has 17 heavy (non-hydrogen) atoms. The van der Waals surface area contributed by atoms with E-state index in [2.05, 4.69) is 29.0 Å². The first-order valence-corrected chi connectivity index (χ1v) is 7.61. The number of hydrazine groups is 2. The van der Waals surface area contributed by atoms with E-state index in [9.17, 15) is 0 Å². The molecule has 3 aliphatic rings. The van der Waals surface area contributed by atoms with Gasteiger partial charge in [-0.3, -0.25) is 0 Å². The second kappa shape index (κ2) is 4.87. The zero-order valence-electron chi connectivity index (χ0n) is 11.4. The first-order chi connectivity index (χ1) is 8.29. The first kappa shape index (κ1) is 11.9. The highest BCUT2D eigenvalue weighted by molar-refractivity contribution is 4.94. The van der Waals surface area contributed by atoms with Gasteiger partial charge in [-0.05, 0) is 39.5 Å². The Morgan fingerprint density at radius 1 is 0.765 bits per heavy atom. The summed E-state index contributed by atoms with van der Waals surface area (Å²) in [5.74, 6) is 0. The van der Waals surface area contributed by atoms with Crippen LogP contribution in [0.2, 0.25) is 0 Å². The summed E-state index contributed by atoms with van der Waals surface area (Å²) in [5, 5.41) is 8.03. The maximum Gasteiger partial charge on any atom is 0.0429 e. The Balaban J connectivity index is 1.86. The Kier molecular flexibility index (Phi) is 3.42. The summed E-state index contributed by atoms with van der Waals surface area (Å²) in [5.41, 5.74) is 0. The summed E-state index contributed by atoms with van der Waals surface area (Å²) in [6, 6.07) is 2.27. The van der Waals surface area contributed by atoms with E-state index in [1.165, 1.54) is 58.0 Å². The molecule has 3 fully saturated rings. The van der Waals surface area contributed by atoms with Gasteiger partial charge in [0.25, 0.3) is 0 Å². The number of piperidine rings is 1. The summed E-state index contributed by atoms with van der Waals surface area (Å²) in [4.78, 5) is 0. The highest BCUT2D eigenvalue weighted by Crippen LogP contribution is 2.37. The van der Waals surface area contributed by atoms with Gasteiger partial charge in [-0.15, -0.1) is 0 Å². The summed E-state index contributed by atoms with van der Waals surface area (Å²) >= 11 is 0. The van der Waals surface area contributed by atoms with Crippen molar-refractivity contribution in [3.8, 4) is 0 Å². The zero-order valence-corrected chi connectivity index (χ0v) is 11.4.